The van der Waals surface area contributed by atoms with E-state index < -0.39 is 0 Å². The molecule has 13 heavy (non-hydrogen) atoms. The largest absolute Gasteiger partial charge is 0.312 e. The Morgan fingerprint density at radius 2 is 2.08 bits per heavy atom. The molecule has 0 aliphatic carbocycles. The number of nitrogens with one attached hydrogen (secondary N) is 1. The van der Waals surface area contributed by atoms with Crippen LogP contribution in [-0.2, 0) is 0 Å². The molecule has 0 spiro atoms. The molecule has 0 amide bonds. The van der Waals surface area contributed by atoms with Gasteiger partial charge >= 0.3 is 4.87 Å². The van der Waals surface area contributed by atoms with Crippen LogP contribution in [0.25, 0.3) is 10.2 Å². The normalized spacial score (nSPS) is 8.62. The van der Waals surface area contributed by atoms with Gasteiger partial charge in [-0.25, -0.2) is 0 Å². The van der Waals surface area contributed by atoms with Crippen LogP contribution in [0.4, 0.5) is 0 Å². The Bertz CT molecular complexity index is 444. The van der Waals surface area contributed by atoms with Crippen LogP contribution in [0.5, 0.6) is 0 Å². The maximum atomic E-state index is 10.8. The first-order valence-corrected chi connectivity index (χ1v) is 4.61. The lowest BCUT2D eigenvalue weighted by Crippen LogP contribution is -1.89. The predicted molar refractivity (Wildman–Crippen MR) is 57.1 cm³/mol. The van der Waals surface area contributed by atoms with Crippen molar-refractivity contribution >= 4 is 33.2 Å². The number of aromatic nitrogens is 1. The summed E-state index contributed by atoms with van der Waals surface area (Å²) in [4.78, 5) is 13.5. The van der Waals surface area contributed by atoms with Crippen molar-refractivity contribution in [2.24, 2.45) is 0 Å². The Morgan fingerprint density at radius 1 is 1.46 bits per heavy atom. The number of fused-ring (bicyclic) bond motifs is 1. The molecule has 2 nitrogen and oxygen atoms in total. The zero-order chi connectivity index (χ0) is 9.68. The fourth-order valence-corrected chi connectivity index (χ4v) is 1.63. The lowest BCUT2D eigenvalue weighted by atomic mass is 10.3. The van der Waals surface area contributed by atoms with Gasteiger partial charge in [-0.1, -0.05) is 23.5 Å². The molecule has 0 fully saturated rings. The number of para-hydroxylation sites is 1. The van der Waals surface area contributed by atoms with E-state index in [1.165, 1.54) is 11.3 Å². The summed E-state index contributed by atoms with van der Waals surface area (Å²) in [5.74, 6) is 0. The average Bonchev–Trinajstić information content (AvgIpc) is 2.45. The third-order valence-electron chi connectivity index (χ3n) is 1.33. The van der Waals surface area contributed by atoms with Gasteiger partial charge in [0.1, 0.15) is 0 Å². The number of rotatable bonds is 0. The van der Waals surface area contributed by atoms with Crippen LogP contribution >= 0.6 is 22.9 Å². The van der Waals surface area contributed by atoms with Gasteiger partial charge in [-0.2, -0.15) is 0 Å². The maximum Gasteiger partial charge on any atom is 0.305 e. The number of hydrogen-bond donors (Lipinski definition) is 1. The summed E-state index contributed by atoms with van der Waals surface area (Å²) in [5.41, 5.74) is 0.928. The SMILES string of the molecule is C#CCl.O=c1[nH]c2ccccc2s1. The number of terminal acetylenes is 1. The fourth-order valence-electron chi connectivity index (χ4n) is 0.894. The summed E-state index contributed by atoms with van der Waals surface area (Å²) >= 11 is 5.77. The Labute approximate surface area is 84.2 Å². The molecule has 0 bridgehead atoms. The molecule has 2 rings (SSSR count). The van der Waals surface area contributed by atoms with Gasteiger partial charge in [-0.05, 0) is 23.7 Å². The molecule has 0 saturated heterocycles. The minimum Gasteiger partial charge on any atom is -0.312 e. The summed E-state index contributed by atoms with van der Waals surface area (Å²) in [6.45, 7) is 0. The molecule has 0 radical (unpaired) electrons. The Morgan fingerprint density at radius 3 is 2.69 bits per heavy atom. The van der Waals surface area contributed by atoms with Gasteiger partial charge in [0.15, 0.2) is 0 Å². The second kappa shape index (κ2) is 4.70. The van der Waals surface area contributed by atoms with Crippen LogP contribution in [0.3, 0.4) is 0 Å². The molecular weight excluding hydrogens is 206 g/mol. The van der Waals surface area contributed by atoms with Crippen LogP contribution in [0.15, 0.2) is 29.1 Å². The van der Waals surface area contributed by atoms with Crippen molar-refractivity contribution in [2.45, 2.75) is 0 Å². The lowest BCUT2D eigenvalue weighted by Gasteiger charge is -1.81. The summed E-state index contributed by atoms with van der Waals surface area (Å²) in [6.07, 6.45) is 4.36. The highest BCUT2D eigenvalue weighted by Gasteiger charge is 1.93. The minimum absolute atomic E-state index is 0.0150. The quantitative estimate of drug-likeness (QED) is 0.667. The van der Waals surface area contributed by atoms with Crippen molar-refractivity contribution in [3.8, 4) is 11.8 Å². The molecule has 66 valence electrons. The summed E-state index contributed by atoms with van der Waals surface area (Å²) in [6, 6.07) is 7.65. The van der Waals surface area contributed by atoms with E-state index in [4.69, 9.17) is 0 Å². The second-order valence-electron chi connectivity index (χ2n) is 2.12. The first kappa shape index (κ1) is 9.85. The van der Waals surface area contributed by atoms with Crippen LogP contribution in [0, 0.1) is 11.8 Å². The number of aromatic amines is 1. The Kier molecular flexibility index (Phi) is 3.56. The summed E-state index contributed by atoms with van der Waals surface area (Å²) in [5, 5.41) is 1.72. The topological polar surface area (TPSA) is 32.9 Å². The van der Waals surface area contributed by atoms with Gasteiger partial charge in [0.25, 0.3) is 0 Å². The van der Waals surface area contributed by atoms with Crippen molar-refractivity contribution in [1.29, 1.82) is 0 Å². The van der Waals surface area contributed by atoms with Crippen molar-refractivity contribution in [3.63, 3.8) is 0 Å². The third kappa shape index (κ3) is 2.62. The van der Waals surface area contributed by atoms with Crippen LogP contribution in [0.2, 0.25) is 0 Å². The molecule has 4 heteroatoms. The molecule has 1 N–H and O–H groups in total. The molecule has 0 saturated carbocycles. The Balaban J connectivity index is 0.000000251. The van der Waals surface area contributed by atoms with E-state index >= 15 is 0 Å². The van der Waals surface area contributed by atoms with Gasteiger partial charge in [0.2, 0.25) is 0 Å². The highest BCUT2D eigenvalue weighted by molar-refractivity contribution is 7.16. The van der Waals surface area contributed by atoms with E-state index in [0.29, 0.717) is 0 Å². The van der Waals surface area contributed by atoms with Gasteiger partial charge in [0.05, 0.1) is 10.2 Å². The zero-order valence-electron chi connectivity index (χ0n) is 6.58. The number of halogens is 1. The average molecular weight is 212 g/mol. The van der Waals surface area contributed by atoms with Crippen LogP contribution < -0.4 is 4.87 Å². The molecule has 0 unspecified atom stereocenters. The monoisotopic (exact) mass is 211 g/mol. The lowest BCUT2D eigenvalue weighted by molar-refractivity contribution is 1.41. The summed E-state index contributed by atoms with van der Waals surface area (Å²) < 4.78 is 1.02. The standard InChI is InChI=1S/C7H5NOS.C2HCl/c9-7-8-5-3-1-2-4-6(5)10-7;1-2-3/h1-4H,(H,8,9);1H. The molecule has 1 aromatic carbocycles. The van der Waals surface area contributed by atoms with Gasteiger partial charge < -0.3 is 4.98 Å². The minimum atomic E-state index is 0.0150. The summed E-state index contributed by atoms with van der Waals surface area (Å²) in [7, 11) is 0. The fraction of sp³-hybridized carbons (Fsp3) is 0. The zero-order valence-corrected chi connectivity index (χ0v) is 8.15. The van der Waals surface area contributed by atoms with Crippen molar-refractivity contribution < 1.29 is 0 Å². The van der Waals surface area contributed by atoms with Crippen LogP contribution in [0.1, 0.15) is 0 Å². The van der Waals surface area contributed by atoms with Gasteiger partial charge in [-0.3, -0.25) is 4.79 Å². The first-order valence-electron chi connectivity index (χ1n) is 3.42. The molecular formula is C9H6ClNOS. The molecule has 0 aliphatic rings. The smallest absolute Gasteiger partial charge is 0.305 e. The van der Waals surface area contributed by atoms with Crippen molar-refractivity contribution in [3.05, 3.63) is 33.9 Å². The predicted octanol–water partition coefficient (Wildman–Crippen LogP) is 2.41. The molecule has 1 heterocycles. The molecule has 1 aromatic heterocycles. The van der Waals surface area contributed by atoms with Crippen LogP contribution in [-0.4, -0.2) is 4.98 Å². The first-order chi connectivity index (χ1) is 6.27. The van der Waals surface area contributed by atoms with E-state index in [9.17, 15) is 4.79 Å². The molecule has 0 aliphatic heterocycles. The van der Waals surface area contributed by atoms with E-state index in [1.807, 2.05) is 24.3 Å². The highest BCUT2D eigenvalue weighted by atomic mass is 35.5. The van der Waals surface area contributed by atoms with Gasteiger partial charge in [0, 0.05) is 5.38 Å². The molecule has 0 atom stereocenters. The van der Waals surface area contributed by atoms with E-state index in [-0.39, 0.29) is 4.87 Å². The number of H-pyrrole nitrogens is 1. The maximum absolute atomic E-state index is 10.8. The number of benzene rings is 1. The Hall–Kier alpha value is -1.24. The number of thiazole rings is 1. The molecule has 2 aromatic rings. The number of hydrogen-bond acceptors (Lipinski definition) is 2. The van der Waals surface area contributed by atoms with Crippen molar-refractivity contribution in [1.82, 2.24) is 4.98 Å². The third-order valence-corrected chi connectivity index (χ3v) is 2.19. The second-order valence-corrected chi connectivity index (χ2v) is 3.35. The van der Waals surface area contributed by atoms with Crippen molar-refractivity contribution in [2.75, 3.05) is 0 Å². The highest BCUT2D eigenvalue weighted by Crippen LogP contribution is 2.11. The van der Waals surface area contributed by atoms with E-state index in [0.717, 1.165) is 10.2 Å². The van der Waals surface area contributed by atoms with E-state index in [1.54, 1.807) is 5.38 Å². The van der Waals surface area contributed by atoms with Gasteiger partial charge in [-0.15, -0.1) is 6.42 Å². The van der Waals surface area contributed by atoms with E-state index in [2.05, 4.69) is 23.0 Å².